The molecular weight excluding hydrogens is 204 g/mol. The van der Waals surface area contributed by atoms with E-state index in [4.69, 9.17) is 10.2 Å². The van der Waals surface area contributed by atoms with Gasteiger partial charge < -0.3 is 10.2 Å². The first-order valence-electron chi connectivity index (χ1n) is 5.23. The van der Waals surface area contributed by atoms with Crippen LogP contribution in [0.25, 0.3) is 0 Å². The highest BCUT2D eigenvalue weighted by molar-refractivity contribution is 6.69. The molecule has 1 rings (SSSR count). The van der Waals surface area contributed by atoms with Crippen molar-refractivity contribution in [1.29, 1.82) is 0 Å². The highest BCUT2D eigenvalue weighted by Crippen LogP contribution is 2.23. The second-order valence-electron chi connectivity index (χ2n) is 4.79. The molecule has 0 radical (unpaired) electrons. The van der Waals surface area contributed by atoms with Gasteiger partial charge in [-0.05, 0) is 44.3 Å². The van der Waals surface area contributed by atoms with Crippen LogP contribution in [-0.4, -0.2) is 19.3 Å². The minimum atomic E-state index is -1.57. The lowest BCUT2D eigenvalue weighted by molar-refractivity contribution is 0.172. The molecule has 2 N–H and O–H groups in total. The van der Waals surface area contributed by atoms with E-state index in [1.807, 2.05) is 19.1 Å². The van der Waals surface area contributed by atoms with Gasteiger partial charge in [0.15, 0.2) is 8.32 Å². The SMILES string of the molecule is CC(N)C(O[Si](C)(C)C)c1ccncc1. The highest BCUT2D eigenvalue weighted by atomic mass is 28.4. The molecule has 0 aliphatic rings. The van der Waals surface area contributed by atoms with Crippen LogP contribution in [0.4, 0.5) is 0 Å². The normalized spacial score (nSPS) is 16.1. The van der Waals surface area contributed by atoms with Gasteiger partial charge in [0, 0.05) is 18.4 Å². The summed E-state index contributed by atoms with van der Waals surface area (Å²) in [6.45, 7) is 8.49. The van der Waals surface area contributed by atoms with Crippen molar-refractivity contribution in [3.8, 4) is 0 Å². The van der Waals surface area contributed by atoms with E-state index >= 15 is 0 Å². The monoisotopic (exact) mass is 224 g/mol. The maximum absolute atomic E-state index is 6.07. The fourth-order valence-electron chi connectivity index (χ4n) is 1.41. The zero-order chi connectivity index (χ0) is 11.5. The van der Waals surface area contributed by atoms with Gasteiger partial charge in [-0.15, -0.1) is 0 Å². The quantitative estimate of drug-likeness (QED) is 0.798. The molecule has 0 aliphatic carbocycles. The predicted octanol–water partition coefficient (Wildman–Crippen LogP) is 2.32. The van der Waals surface area contributed by atoms with Gasteiger partial charge in [0.25, 0.3) is 0 Å². The first-order valence-corrected chi connectivity index (χ1v) is 8.64. The summed E-state index contributed by atoms with van der Waals surface area (Å²) in [4.78, 5) is 4.00. The molecule has 2 unspecified atom stereocenters. The van der Waals surface area contributed by atoms with Gasteiger partial charge in [0.1, 0.15) is 0 Å². The van der Waals surface area contributed by atoms with Crippen molar-refractivity contribution < 1.29 is 4.43 Å². The van der Waals surface area contributed by atoms with Crippen LogP contribution in [0.15, 0.2) is 24.5 Å². The molecule has 3 nitrogen and oxygen atoms in total. The fourth-order valence-corrected chi connectivity index (χ4v) is 2.53. The van der Waals surface area contributed by atoms with E-state index in [1.165, 1.54) is 0 Å². The molecule has 0 spiro atoms. The van der Waals surface area contributed by atoms with Gasteiger partial charge >= 0.3 is 0 Å². The van der Waals surface area contributed by atoms with Gasteiger partial charge in [-0.1, -0.05) is 0 Å². The average molecular weight is 224 g/mol. The molecule has 1 aromatic heterocycles. The van der Waals surface area contributed by atoms with E-state index in [-0.39, 0.29) is 12.1 Å². The largest absolute Gasteiger partial charge is 0.409 e. The molecule has 1 heterocycles. The molecule has 2 atom stereocenters. The van der Waals surface area contributed by atoms with Gasteiger partial charge in [-0.3, -0.25) is 4.98 Å². The minimum absolute atomic E-state index is 0.000810. The van der Waals surface area contributed by atoms with Crippen molar-refractivity contribution in [2.75, 3.05) is 0 Å². The smallest absolute Gasteiger partial charge is 0.184 e. The summed E-state index contributed by atoms with van der Waals surface area (Å²) in [6.07, 6.45) is 3.54. The summed E-state index contributed by atoms with van der Waals surface area (Å²) in [5.41, 5.74) is 7.07. The standard InChI is InChI=1S/C11H20N2OSi/c1-9(12)11(14-15(2,3)4)10-5-7-13-8-6-10/h5-9,11H,12H2,1-4H3. The maximum atomic E-state index is 6.07. The molecule has 15 heavy (non-hydrogen) atoms. The number of rotatable bonds is 4. The summed E-state index contributed by atoms with van der Waals surface area (Å²) in [5, 5.41) is 0. The Labute approximate surface area is 92.8 Å². The van der Waals surface area contributed by atoms with E-state index in [1.54, 1.807) is 12.4 Å². The number of nitrogens with zero attached hydrogens (tertiary/aromatic N) is 1. The van der Waals surface area contributed by atoms with Crippen LogP contribution < -0.4 is 5.73 Å². The van der Waals surface area contributed by atoms with Crippen molar-refractivity contribution in [2.45, 2.75) is 38.7 Å². The first kappa shape index (κ1) is 12.4. The lowest BCUT2D eigenvalue weighted by Crippen LogP contribution is -2.36. The molecule has 0 bridgehead atoms. The summed E-state index contributed by atoms with van der Waals surface area (Å²) >= 11 is 0. The number of nitrogens with two attached hydrogens (primary N) is 1. The fraction of sp³-hybridized carbons (Fsp3) is 0.545. The van der Waals surface area contributed by atoms with Crippen molar-refractivity contribution in [1.82, 2.24) is 4.98 Å². The molecule has 4 heteroatoms. The molecule has 0 saturated heterocycles. The summed E-state index contributed by atoms with van der Waals surface area (Å²) in [7, 11) is -1.57. The molecule has 0 aliphatic heterocycles. The lowest BCUT2D eigenvalue weighted by Gasteiger charge is -2.29. The summed E-state index contributed by atoms with van der Waals surface area (Å²) in [6, 6.07) is 3.93. The molecule has 0 fully saturated rings. The van der Waals surface area contributed by atoms with E-state index in [0.29, 0.717) is 0 Å². The van der Waals surface area contributed by atoms with Crippen molar-refractivity contribution >= 4 is 8.32 Å². The third-order valence-corrected chi connectivity index (χ3v) is 2.95. The van der Waals surface area contributed by atoms with E-state index in [9.17, 15) is 0 Å². The van der Waals surface area contributed by atoms with E-state index in [0.717, 1.165) is 5.56 Å². The third kappa shape index (κ3) is 4.11. The predicted molar refractivity (Wildman–Crippen MR) is 65.1 cm³/mol. The van der Waals surface area contributed by atoms with Crippen molar-refractivity contribution in [2.24, 2.45) is 5.73 Å². The van der Waals surface area contributed by atoms with Crippen LogP contribution in [0.2, 0.25) is 19.6 Å². The number of hydrogen-bond donors (Lipinski definition) is 1. The van der Waals surface area contributed by atoms with Crippen LogP contribution in [0.1, 0.15) is 18.6 Å². The maximum Gasteiger partial charge on any atom is 0.184 e. The zero-order valence-corrected chi connectivity index (χ0v) is 10.9. The molecule has 0 amide bonds. The van der Waals surface area contributed by atoms with Crippen LogP contribution in [0.5, 0.6) is 0 Å². The second kappa shape index (κ2) is 4.87. The van der Waals surface area contributed by atoms with E-state index < -0.39 is 8.32 Å². The Bertz CT molecular complexity index is 295. The number of aromatic nitrogens is 1. The second-order valence-corrected chi connectivity index (χ2v) is 9.25. The van der Waals surface area contributed by atoms with Gasteiger partial charge in [-0.25, -0.2) is 0 Å². The zero-order valence-electron chi connectivity index (χ0n) is 9.90. The Hall–Kier alpha value is -0.713. The van der Waals surface area contributed by atoms with Crippen LogP contribution >= 0.6 is 0 Å². The summed E-state index contributed by atoms with van der Waals surface area (Å²) < 4.78 is 6.07. The average Bonchev–Trinajstić information content (AvgIpc) is 2.14. The Morgan fingerprint density at radius 2 is 1.80 bits per heavy atom. The Balaban J connectivity index is 2.85. The van der Waals surface area contributed by atoms with Gasteiger partial charge in [0.05, 0.1) is 6.10 Å². The lowest BCUT2D eigenvalue weighted by atomic mass is 10.1. The van der Waals surface area contributed by atoms with E-state index in [2.05, 4.69) is 24.6 Å². The van der Waals surface area contributed by atoms with Gasteiger partial charge in [0.2, 0.25) is 0 Å². The Morgan fingerprint density at radius 3 is 2.20 bits per heavy atom. The Kier molecular flexibility index (Phi) is 4.02. The first-order chi connectivity index (χ1) is 6.90. The molecular formula is C11H20N2OSi. The minimum Gasteiger partial charge on any atom is -0.409 e. The number of pyridine rings is 1. The van der Waals surface area contributed by atoms with Gasteiger partial charge in [-0.2, -0.15) is 0 Å². The topological polar surface area (TPSA) is 48.1 Å². The van der Waals surface area contributed by atoms with Crippen LogP contribution in [-0.2, 0) is 4.43 Å². The van der Waals surface area contributed by atoms with Crippen LogP contribution in [0, 0.1) is 0 Å². The number of hydrogen-bond acceptors (Lipinski definition) is 3. The third-order valence-electron chi connectivity index (χ3n) is 1.99. The Morgan fingerprint density at radius 1 is 1.27 bits per heavy atom. The molecule has 84 valence electrons. The highest BCUT2D eigenvalue weighted by Gasteiger charge is 2.24. The summed E-state index contributed by atoms with van der Waals surface area (Å²) in [5.74, 6) is 0. The van der Waals surface area contributed by atoms with Crippen LogP contribution in [0.3, 0.4) is 0 Å². The van der Waals surface area contributed by atoms with Crippen molar-refractivity contribution in [3.05, 3.63) is 30.1 Å². The molecule has 0 aromatic carbocycles. The van der Waals surface area contributed by atoms with Crippen molar-refractivity contribution in [3.63, 3.8) is 0 Å². The molecule has 1 aromatic rings. The molecule has 0 saturated carbocycles.